The number of piperidine rings is 1. The van der Waals surface area contributed by atoms with Crippen molar-refractivity contribution in [2.24, 2.45) is 41.4 Å². The average molecular weight is 902 g/mol. The van der Waals surface area contributed by atoms with E-state index in [0.717, 1.165) is 12.0 Å². The van der Waals surface area contributed by atoms with Crippen LogP contribution >= 0.6 is 0 Å². The quantitative estimate of drug-likeness (QED) is 0.116. The monoisotopic (exact) mass is 902 g/mol. The number of amides is 1. The molecule has 13 nitrogen and oxygen atoms in total. The molecule has 3 aliphatic heterocycles. The summed E-state index contributed by atoms with van der Waals surface area (Å²) in [7, 11) is 3.05. The van der Waals surface area contributed by atoms with E-state index in [1.54, 1.807) is 27.0 Å². The summed E-state index contributed by atoms with van der Waals surface area (Å²) in [4.78, 5) is 44.0. The largest absolute Gasteiger partial charge is 0.460 e. The van der Waals surface area contributed by atoms with Gasteiger partial charge in [0.2, 0.25) is 5.79 Å². The number of ether oxygens (including phenoxy) is 4. The third-order valence-corrected chi connectivity index (χ3v) is 15.0. The van der Waals surface area contributed by atoms with E-state index in [1.807, 2.05) is 52.0 Å². The molecule has 13 heteroatoms. The van der Waals surface area contributed by atoms with E-state index >= 15 is 0 Å². The minimum Gasteiger partial charge on any atom is -0.460 e. The van der Waals surface area contributed by atoms with Crippen LogP contribution in [0.1, 0.15) is 132 Å². The van der Waals surface area contributed by atoms with Crippen molar-refractivity contribution >= 4 is 17.7 Å². The minimum absolute atomic E-state index is 0.0458. The SMILES string of the molecule is CO[C@H]1[C@@H](O)[C@H](C)C[C@H](C)/C=C/C=C/C=C(\C)[C@@H](C)CC2CC[C@@H](C)[C@@](O)(O2)C(=O)C(=O)N2CCCC[C@H]2C(=O)OC([C@H](C)C[C@@H]2CC[C@@H](O)[C@H](OC)C2)C[C@H](O)[C@H](C)/C=C(\C)[C@H]1O. The number of allylic oxidation sites excluding steroid dienone is 6. The lowest BCUT2D eigenvalue weighted by Gasteiger charge is -2.42. The minimum atomic E-state index is -2.35. The Morgan fingerprint density at radius 3 is 2.23 bits per heavy atom. The summed E-state index contributed by atoms with van der Waals surface area (Å²) in [6.45, 7) is 15.5. The highest BCUT2D eigenvalue weighted by Crippen LogP contribution is 2.38. The molecule has 1 aliphatic carbocycles. The molecule has 2 bridgehead atoms. The number of aliphatic hydroxyl groups excluding tert-OH is 4. The average Bonchev–Trinajstić information content (AvgIpc) is 3.26. The summed E-state index contributed by atoms with van der Waals surface area (Å²) in [6, 6.07) is -1.08. The smallest absolute Gasteiger partial charge is 0.329 e. The lowest BCUT2D eigenvalue weighted by Crippen LogP contribution is -2.60. The van der Waals surface area contributed by atoms with Crippen LogP contribution in [0.15, 0.2) is 47.6 Å². The van der Waals surface area contributed by atoms with E-state index in [4.69, 9.17) is 18.9 Å². The van der Waals surface area contributed by atoms with Crippen molar-refractivity contribution in [1.82, 2.24) is 4.90 Å². The van der Waals surface area contributed by atoms with Crippen LogP contribution in [-0.2, 0) is 33.3 Å². The second-order valence-corrected chi connectivity index (χ2v) is 20.2. The Morgan fingerprint density at radius 1 is 0.828 bits per heavy atom. The molecule has 2 saturated heterocycles. The second kappa shape index (κ2) is 24.9. The van der Waals surface area contributed by atoms with Gasteiger partial charge in [0.15, 0.2) is 0 Å². The van der Waals surface area contributed by atoms with Gasteiger partial charge in [-0.2, -0.15) is 0 Å². The zero-order valence-electron chi connectivity index (χ0n) is 40.4. The lowest BCUT2D eigenvalue weighted by atomic mass is 9.78. The molecule has 3 heterocycles. The number of fused-ring (bicyclic) bond motifs is 3. The molecule has 0 aromatic heterocycles. The topological polar surface area (TPSA) is 193 Å². The van der Waals surface area contributed by atoms with Crippen molar-refractivity contribution in [3.05, 3.63) is 47.6 Å². The highest BCUT2D eigenvalue weighted by molar-refractivity contribution is 6.39. The van der Waals surface area contributed by atoms with E-state index in [0.29, 0.717) is 63.4 Å². The maximum atomic E-state index is 14.4. The number of nitrogens with zero attached hydrogens (tertiary/aromatic N) is 1. The van der Waals surface area contributed by atoms with Crippen LogP contribution in [0.25, 0.3) is 0 Å². The molecule has 0 aromatic carbocycles. The Morgan fingerprint density at radius 2 is 1.55 bits per heavy atom. The zero-order chi connectivity index (χ0) is 47.5. The van der Waals surface area contributed by atoms with Gasteiger partial charge < -0.3 is 49.4 Å². The van der Waals surface area contributed by atoms with E-state index in [9.17, 15) is 39.9 Å². The molecule has 2 unspecified atom stereocenters. The number of rotatable bonds is 5. The standard InChI is InChI=1S/C51H83NO12/c1-30-16-12-11-13-17-31(2)32(3)27-39-21-19-37(8)51(60,64-39)48(57)49(58)52-23-15-14-18-40(52)50(59)63-43(34(5)26-38-20-22-41(53)44(28-38)61-9)29-42(54)33(4)25-36(7)46(56)47(62-10)45(55)35(6)24-30/h11-13,16-17,25,30,32-35,37-47,53-56,60H,14-15,18-24,26-29H2,1-10H3/b13-11+,16-12+,31-17+,36-25+/t30-,32+,33-,34-,35-,37-,38+,39?,40+,41-,42+,43?,44-,45+,46-,47+,51-/m1/s1. The number of esters is 1. The summed E-state index contributed by atoms with van der Waals surface area (Å²) in [5, 5.41) is 57.1. The Hall–Kier alpha value is -2.75. The predicted octanol–water partition coefficient (Wildman–Crippen LogP) is 6.39. The van der Waals surface area contributed by atoms with Crippen LogP contribution < -0.4 is 0 Å². The first kappa shape index (κ1) is 53.9. The van der Waals surface area contributed by atoms with Crippen molar-refractivity contribution in [3.63, 3.8) is 0 Å². The maximum absolute atomic E-state index is 14.4. The fourth-order valence-corrected chi connectivity index (χ4v) is 10.4. The van der Waals surface area contributed by atoms with Gasteiger partial charge >= 0.3 is 5.97 Å². The summed E-state index contributed by atoms with van der Waals surface area (Å²) < 4.78 is 23.8. The normalized spacial score (nSPS) is 43.1. The molecule has 1 amide bonds. The van der Waals surface area contributed by atoms with E-state index in [-0.39, 0.29) is 55.1 Å². The Kier molecular flexibility index (Phi) is 20.9. The number of carbonyl (C=O) groups is 3. The molecule has 364 valence electrons. The maximum Gasteiger partial charge on any atom is 0.329 e. The van der Waals surface area contributed by atoms with Crippen LogP contribution in [-0.4, -0.2) is 130 Å². The van der Waals surface area contributed by atoms with Gasteiger partial charge in [-0.3, -0.25) is 9.59 Å². The molecule has 17 atom stereocenters. The molecule has 0 aromatic rings. The fourth-order valence-electron chi connectivity index (χ4n) is 10.4. The number of Topliss-reactive ketones (excluding diaryl/α,β-unsaturated/α-hetero) is 1. The summed E-state index contributed by atoms with van der Waals surface area (Å²) in [5.41, 5.74) is 1.60. The third kappa shape index (κ3) is 14.1. The van der Waals surface area contributed by atoms with Gasteiger partial charge in [-0.05, 0) is 120 Å². The Bertz CT molecular complexity index is 1640. The molecular formula is C51H83NO12. The number of ketones is 1. The molecule has 0 radical (unpaired) electrons. The van der Waals surface area contributed by atoms with Gasteiger partial charge in [0.05, 0.1) is 30.5 Å². The van der Waals surface area contributed by atoms with Gasteiger partial charge in [-0.25, -0.2) is 4.79 Å². The predicted molar refractivity (Wildman–Crippen MR) is 246 cm³/mol. The number of hydrogen-bond acceptors (Lipinski definition) is 12. The Labute approximate surface area is 383 Å². The number of aliphatic hydroxyl groups is 5. The van der Waals surface area contributed by atoms with Crippen molar-refractivity contribution in [1.29, 1.82) is 0 Å². The molecular weight excluding hydrogens is 819 g/mol. The van der Waals surface area contributed by atoms with Crippen LogP contribution in [0.2, 0.25) is 0 Å². The molecule has 4 rings (SSSR count). The van der Waals surface area contributed by atoms with Gasteiger partial charge in [0.1, 0.15) is 24.4 Å². The van der Waals surface area contributed by atoms with Gasteiger partial charge in [0.25, 0.3) is 11.7 Å². The van der Waals surface area contributed by atoms with E-state index < -0.39 is 84.1 Å². The molecule has 0 spiro atoms. The lowest BCUT2D eigenvalue weighted by molar-refractivity contribution is -0.264. The first-order chi connectivity index (χ1) is 30.2. The van der Waals surface area contributed by atoms with Crippen molar-refractivity contribution < 1.29 is 58.9 Å². The highest BCUT2D eigenvalue weighted by atomic mass is 16.6. The number of carbonyl (C=O) groups excluding carboxylic acids is 3. The Balaban J connectivity index is 1.68. The molecule has 3 fully saturated rings. The first-order valence-corrected chi connectivity index (χ1v) is 24.2. The van der Waals surface area contributed by atoms with Crippen LogP contribution in [0, 0.1) is 41.4 Å². The summed E-state index contributed by atoms with van der Waals surface area (Å²) >= 11 is 0. The molecule has 64 heavy (non-hydrogen) atoms. The zero-order valence-corrected chi connectivity index (χ0v) is 40.4. The fraction of sp³-hybridized carbons (Fsp3) is 0.784. The van der Waals surface area contributed by atoms with Crippen LogP contribution in [0.4, 0.5) is 0 Å². The van der Waals surface area contributed by atoms with Gasteiger partial charge in [-0.1, -0.05) is 83.6 Å². The number of hydrogen-bond donors (Lipinski definition) is 5. The van der Waals surface area contributed by atoms with Crippen molar-refractivity contribution in [2.45, 2.75) is 193 Å². The molecule has 5 N–H and O–H groups in total. The van der Waals surface area contributed by atoms with Crippen LogP contribution in [0.3, 0.4) is 0 Å². The van der Waals surface area contributed by atoms with Crippen molar-refractivity contribution in [3.8, 4) is 0 Å². The molecule has 1 saturated carbocycles. The van der Waals surface area contributed by atoms with Gasteiger partial charge in [0, 0.05) is 39.0 Å². The highest BCUT2D eigenvalue weighted by Gasteiger charge is 2.53. The summed E-state index contributed by atoms with van der Waals surface area (Å²) in [5.74, 6) is -6.40. The summed E-state index contributed by atoms with van der Waals surface area (Å²) in [6.07, 6.45) is 11.9. The number of cyclic esters (lactones) is 1. The second-order valence-electron chi connectivity index (χ2n) is 20.2. The number of methoxy groups -OCH3 is 2. The first-order valence-electron chi connectivity index (χ1n) is 24.2. The van der Waals surface area contributed by atoms with Crippen LogP contribution in [0.5, 0.6) is 0 Å². The van der Waals surface area contributed by atoms with Gasteiger partial charge in [-0.15, -0.1) is 0 Å². The molecule has 4 aliphatic rings. The van der Waals surface area contributed by atoms with E-state index in [2.05, 4.69) is 19.9 Å². The van der Waals surface area contributed by atoms with E-state index in [1.165, 1.54) is 12.0 Å². The third-order valence-electron chi connectivity index (χ3n) is 15.0. The van der Waals surface area contributed by atoms with Crippen molar-refractivity contribution in [2.75, 3.05) is 20.8 Å².